The minimum absolute atomic E-state index is 0.426. The molecule has 2 aromatic rings. The summed E-state index contributed by atoms with van der Waals surface area (Å²) in [5.74, 6) is 2.32. The van der Waals surface area contributed by atoms with Crippen molar-refractivity contribution in [2.24, 2.45) is 7.05 Å². The van der Waals surface area contributed by atoms with Gasteiger partial charge in [0.05, 0.1) is 32.6 Å². The number of methoxy groups -OCH3 is 3. The maximum atomic E-state index is 5.76. The summed E-state index contributed by atoms with van der Waals surface area (Å²) in [6, 6.07) is 3.56. The summed E-state index contributed by atoms with van der Waals surface area (Å²) in [4.78, 5) is 4.29. The van der Waals surface area contributed by atoms with Gasteiger partial charge in [0.25, 0.3) is 0 Å². The molecule has 0 fully saturated rings. The zero-order valence-corrected chi connectivity index (χ0v) is 11.4. The molecular formula is C13H17N3O3. The lowest BCUT2D eigenvalue weighted by molar-refractivity contribution is 0.377. The van der Waals surface area contributed by atoms with Crippen LogP contribution in [-0.4, -0.2) is 30.9 Å². The number of rotatable bonds is 4. The first kappa shape index (κ1) is 13.1. The Hall–Kier alpha value is -2.37. The van der Waals surface area contributed by atoms with Crippen LogP contribution in [0, 0.1) is 0 Å². The van der Waals surface area contributed by atoms with Gasteiger partial charge >= 0.3 is 0 Å². The molecule has 1 heterocycles. The van der Waals surface area contributed by atoms with Crippen molar-refractivity contribution in [1.29, 1.82) is 0 Å². The Morgan fingerprint density at radius 3 is 2.00 bits per heavy atom. The monoisotopic (exact) mass is 263 g/mol. The second-order valence-electron chi connectivity index (χ2n) is 4.00. The van der Waals surface area contributed by atoms with Crippen LogP contribution in [0.2, 0.25) is 0 Å². The first-order chi connectivity index (χ1) is 9.10. The third-order valence-corrected chi connectivity index (χ3v) is 2.88. The number of hydrogen-bond acceptors (Lipinski definition) is 5. The molecule has 6 nitrogen and oxygen atoms in total. The van der Waals surface area contributed by atoms with Gasteiger partial charge in [-0.1, -0.05) is 0 Å². The van der Waals surface area contributed by atoms with Crippen molar-refractivity contribution in [3.8, 4) is 28.5 Å². The molecule has 19 heavy (non-hydrogen) atoms. The van der Waals surface area contributed by atoms with E-state index in [4.69, 9.17) is 19.9 Å². The average Bonchev–Trinajstić information content (AvgIpc) is 2.76. The summed E-state index contributed by atoms with van der Waals surface area (Å²) in [5, 5.41) is 0. The summed E-state index contributed by atoms with van der Waals surface area (Å²) < 4.78 is 17.7. The number of aryl methyl sites for hydroxylation is 1. The van der Waals surface area contributed by atoms with Crippen molar-refractivity contribution in [3.05, 3.63) is 18.3 Å². The van der Waals surface area contributed by atoms with Gasteiger partial charge in [-0.15, -0.1) is 0 Å². The smallest absolute Gasteiger partial charge is 0.200 e. The fraction of sp³-hybridized carbons (Fsp3) is 0.308. The fourth-order valence-corrected chi connectivity index (χ4v) is 1.86. The highest BCUT2D eigenvalue weighted by Crippen LogP contribution is 2.41. The minimum atomic E-state index is 0.426. The van der Waals surface area contributed by atoms with Crippen LogP contribution in [0.5, 0.6) is 17.2 Å². The van der Waals surface area contributed by atoms with Gasteiger partial charge in [-0.2, -0.15) is 0 Å². The summed E-state index contributed by atoms with van der Waals surface area (Å²) >= 11 is 0. The van der Waals surface area contributed by atoms with Crippen molar-refractivity contribution < 1.29 is 14.2 Å². The second-order valence-corrected chi connectivity index (χ2v) is 4.00. The molecule has 102 valence electrons. The van der Waals surface area contributed by atoms with Crippen LogP contribution in [-0.2, 0) is 7.05 Å². The Balaban J connectivity index is 2.66. The molecule has 0 aliphatic rings. The van der Waals surface area contributed by atoms with Crippen LogP contribution in [0.3, 0.4) is 0 Å². The average molecular weight is 263 g/mol. The molecule has 0 amide bonds. The molecule has 0 radical (unpaired) electrons. The summed E-state index contributed by atoms with van der Waals surface area (Å²) in [5.41, 5.74) is 7.20. The van der Waals surface area contributed by atoms with Crippen LogP contribution in [0.25, 0.3) is 11.3 Å². The highest BCUT2D eigenvalue weighted by molar-refractivity contribution is 5.76. The molecule has 2 rings (SSSR count). The maximum Gasteiger partial charge on any atom is 0.200 e. The lowest BCUT2D eigenvalue weighted by Gasteiger charge is -2.13. The molecule has 0 saturated carbocycles. The Labute approximate surface area is 111 Å². The van der Waals surface area contributed by atoms with E-state index in [1.54, 1.807) is 38.0 Å². The van der Waals surface area contributed by atoms with Crippen molar-refractivity contribution in [3.63, 3.8) is 0 Å². The Bertz CT molecular complexity index is 548. The van der Waals surface area contributed by atoms with Gasteiger partial charge in [0, 0.05) is 25.4 Å². The van der Waals surface area contributed by atoms with E-state index in [1.165, 1.54) is 0 Å². The number of ether oxygens (including phenoxy) is 3. The molecule has 0 spiro atoms. The van der Waals surface area contributed by atoms with Crippen LogP contribution < -0.4 is 19.9 Å². The minimum Gasteiger partial charge on any atom is -0.496 e. The van der Waals surface area contributed by atoms with E-state index >= 15 is 0 Å². The van der Waals surface area contributed by atoms with E-state index in [0.717, 1.165) is 5.56 Å². The molecule has 1 aromatic heterocycles. The van der Waals surface area contributed by atoms with Gasteiger partial charge < -0.3 is 24.5 Å². The number of imidazole rings is 1. The van der Waals surface area contributed by atoms with E-state index in [9.17, 15) is 0 Å². The van der Waals surface area contributed by atoms with E-state index < -0.39 is 0 Å². The maximum absolute atomic E-state index is 5.76. The van der Waals surface area contributed by atoms with Crippen LogP contribution in [0.4, 0.5) is 5.95 Å². The number of nitrogen functional groups attached to an aromatic ring is 1. The summed E-state index contributed by atoms with van der Waals surface area (Å²) in [6.07, 6.45) is 1.82. The van der Waals surface area contributed by atoms with Crippen molar-refractivity contribution in [1.82, 2.24) is 9.55 Å². The zero-order chi connectivity index (χ0) is 14.0. The van der Waals surface area contributed by atoms with Gasteiger partial charge in [-0.25, -0.2) is 4.98 Å². The molecule has 0 unspecified atom stereocenters. The molecule has 6 heteroatoms. The predicted molar refractivity (Wildman–Crippen MR) is 72.7 cm³/mol. The van der Waals surface area contributed by atoms with Crippen LogP contribution in [0.15, 0.2) is 18.3 Å². The molecular weight excluding hydrogens is 246 g/mol. The number of aromatic nitrogens is 2. The Kier molecular flexibility index (Phi) is 3.50. The standard InChI is InChI=1S/C13H17N3O3/c1-16-7-9(15-13(16)14)12-10(18-3)5-8(17-2)6-11(12)19-4/h5-7H,1-4H3,(H2,14,15). The predicted octanol–water partition coefficient (Wildman–Crippen LogP) is 1.70. The third-order valence-electron chi connectivity index (χ3n) is 2.88. The topological polar surface area (TPSA) is 71.5 Å². The quantitative estimate of drug-likeness (QED) is 0.909. The Morgan fingerprint density at radius 1 is 1.05 bits per heavy atom. The SMILES string of the molecule is COc1cc(OC)c(-c2cn(C)c(N)n2)c(OC)c1. The molecule has 2 N–H and O–H groups in total. The highest BCUT2D eigenvalue weighted by atomic mass is 16.5. The first-order valence-electron chi connectivity index (χ1n) is 5.70. The molecule has 0 atom stereocenters. The number of benzene rings is 1. The van der Waals surface area contributed by atoms with Gasteiger partial charge in [0.2, 0.25) is 0 Å². The van der Waals surface area contributed by atoms with Crippen molar-refractivity contribution in [2.75, 3.05) is 27.1 Å². The van der Waals surface area contributed by atoms with Crippen LogP contribution in [0.1, 0.15) is 0 Å². The lowest BCUT2D eigenvalue weighted by atomic mass is 10.1. The zero-order valence-electron chi connectivity index (χ0n) is 11.4. The molecule has 1 aromatic carbocycles. The van der Waals surface area contributed by atoms with Gasteiger partial charge in [-0.3, -0.25) is 0 Å². The van der Waals surface area contributed by atoms with Crippen molar-refractivity contribution >= 4 is 5.95 Å². The largest absolute Gasteiger partial charge is 0.496 e. The normalized spacial score (nSPS) is 10.3. The summed E-state index contributed by atoms with van der Waals surface area (Å²) in [6.45, 7) is 0. The van der Waals surface area contributed by atoms with Gasteiger partial charge in [0.1, 0.15) is 17.2 Å². The fourth-order valence-electron chi connectivity index (χ4n) is 1.86. The van der Waals surface area contributed by atoms with E-state index in [1.807, 2.05) is 13.2 Å². The highest BCUT2D eigenvalue weighted by Gasteiger charge is 2.18. The number of nitrogens with zero attached hydrogens (tertiary/aromatic N) is 2. The molecule has 0 aliphatic heterocycles. The van der Waals surface area contributed by atoms with E-state index in [2.05, 4.69) is 4.98 Å². The Morgan fingerprint density at radius 2 is 1.63 bits per heavy atom. The van der Waals surface area contributed by atoms with Crippen LogP contribution >= 0.6 is 0 Å². The second kappa shape index (κ2) is 5.09. The lowest BCUT2D eigenvalue weighted by Crippen LogP contribution is -1.96. The third kappa shape index (κ3) is 2.29. The van der Waals surface area contributed by atoms with E-state index in [-0.39, 0.29) is 0 Å². The molecule has 0 aliphatic carbocycles. The van der Waals surface area contributed by atoms with E-state index in [0.29, 0.717) is 28.9 Å². The van der Waals surface area contributed by atoms with Gasteiger partial charge in [0.15, 0.2) is 5.95 Å². The van der Waals surface area contributed by atoms with Crippen molar-refractivity contribution in [2.45, 2.75) is 0 Å². The number of anilines is 1. The summed E-state index contributed by atoms with van der Waals surface area (Å²) in [7, 11) is 6.59. The number of nitrogens with two attached hydrogens (primary N) is 1. The molecule has 0 bridgehead atoms. The molecule has 0 saturated heterocycles. The first-order valence-corrected chi connectivity index (χ1v) is 5.70. The number of hydrogen-bond donors (Lipinski definition) is 1. The van der Waals surface area contributed by atoms with Gasteiger partial charge in [-0.05, 0) is 0 Å².